The van der Waals surface area contributed by atoms with E-state index in [2.05, 4.69) is 37.8 Å². The SMILES string of the molecule is CCN1CCc2cc(C[C@@H](C)N)c(C)cc21. The third-order valence-electron chi connectivity index (χ3n) is 3.45. The Morgan fingerprint density at radius 2 is 2.19 bits per heavy atom. The molecular formula is C14H22N2. The molecule has 0 bridgehead atoms. The van der Waals surface area contributed by atoms with E-state index in [9.17, 15) is 0 Å². The molecule has 0 saturated heterocycles. The van der Waals surface area contributed by atoms with Crippen LogP contribution in [0.15, 0.2) is 12.1 Å². The minimum Gasteiger partial charge on any atom is -0.371 e. The van der Waals surface area contributed by atoms with Crippen molar-refractivity contribution in [1.29, 1.82) is 0 Å². The zero-order valence-electron chi connectivity index (χ0n) is 10.6. The Morgan fingerprint density at radius 3 is 2.81 bits per heavy atom. The average molecular weight is 218 g/mol. The molecule has 0 radical (unpaired) electrons. The summed E-state index contributed by atoms with van der Waals surface area (Å²) in [5.74, 6) is 0. The molecule has 0 saturated carbocycles. The second kappa shape index (κ2) is 4.46. The van der Waals surface area contributed by atoms with Gasteiger partial charge in [-0.15, -0.1) is 0 Å². The molecule has 0 unspecified atom stereocenters. The van der Waals surface area contributed by atoms with Crippen molar-refractivity contribution in [2.24, 2.45) is 5.73 Å². The highest BCUT2D eigenvalue weighted by molar-refractivity contribution is 5.61. The molecular weight excluding hydrogens is 196 g/mol. The molecule has 0 aromatic heterocycles. The first-order valence-corrected chi connectivity index (χ1v) is 6.24. The summed E-state index contributed by atoms with van der Waals surface area (Å²) in [6.07, 6.45) is 2.18. The highest BCUT2D eigenvalue weighted by Gasteiger charge is 2.19. The van der Waals surface area contributed by atoms with Gasteiger partial charge in [-0.1, -0.05) is 6.07 Å². The minimum absolute atomic E-state index is 0.250. The van der Waals surface area contributed by atoms with E-state index in [-0.39, 0.29) is 6.04 Å². The zero-order valence-corrected chi connectivity index (χ0v) is 10.6. The van der Waals surface area contributed by atoms with Crippen LogP contribution in [0.5, 0.6) is 0 Å². The Hall–Kier alpha value is -1.02. The molecule has 1 aliphatic heterocycles. The summed E-state index contributed by atoms with van der Waals surface area (Å²) in [5.41, 5.74) is 11.6. The lowest BCUT2D eigenvalue weighted by Crippen LogP contribution is -2.20. The van der Waals surface area contributed by atoms with Crippen LogP contribution in [-0.2, 0) is 12.8 Å². The molecule has 2 N–H and O–H groups in total. The van der Waals surface area contributed by atoms with Crippen molar-refractivity contribution in [3.05, 3.63) is 28.8 Å². The zero-order chi connectivity index (χ0) is 11.7. The molecule has 0 aliphatic carbocycles. The van der Waals surface area contributed by atoms with E-state index in [4.69, 9.17) is 5.73 Å². The molecule has 1 atom stereocenters. The maximum atomic E-state index is 5.88. The predicted octanol–water partition coefficient (Wildman–Crippen LogP) is 2.27. The fourth-order valence-electron chi connectivity index (χ4n) is 2.55. The second-order valence-corrected chi connectivity index (χ2v) is 4.92. The molecule has 2 heteroatoms. The van der Waals surface area contributed by atoms with Crippen molar-refractivity contribution in [2.45, 2.75) is 39.7 Å². The van der Waals surface area contributed by atoms with Gasteiger partial charge in [0.15, 0.2) is 0 Å². The quantitative estimate of drug-likeness (QED) is 0.843. The maximum absolute atomic E-state index is 5.88. The standard InChI is InChI=1S/C14H22N2/c1-4-16-6-5-12-9-13(8-11(3)15)10(2)7-14(12)16/h7,9,11H,4-6,8,15H2,1-3H3/t11-/m1/s1. The summed E-state index contributed by atoms with van der Waals surface area (Å²) in [4.78, 5) is 2.46. The van der Waals surface area contributed by atoms with E-state index in [1.54, 1.807) is 0 Å². The van der Waals surface area contributed by atoms with Crippen LogP contribution in [0, 0.1) is 6.92 Å². The Bertz CT molecular complexity index is 383. The van der Waals surface area contributed by atoms with Crippen LogP contribution in [0.25, 0.3) is 0 Å². The molecule has 0 spiro atoms. The molecule has 2 nitrogen and oxygen atoms in total. The predicted molar refractivity (Wildman–Crippen MR) is 70.1 cm³/mol. The number of rotatable bonds is 3. The van der Waals surface area contributed by atoms with Gasteiger partial charge in [0.25, 0.3) is 0 Å². The van der Waals surface area contributed by atoms with Gasteiger partial charge in [-0.25, -0.2) is 0 Å². The normalized spacial score (nSPS) is 16.4. The second-order valence-electron chi connectivity index (χ2n) is 4.92. The van der Waals surface area contributed by atoms with Crippen LogP contribution in [0.2, 0.25) is 0 Å². The highest BCUT2D eigenvalue weighted by Crippen LogP contribution is 2.30. The molecule has 2 rings (SSSR count). The van der Waals surface area contributed by atoms with Crippen LogP contribution in [-0.4, -0.2) is 19.1 Å². The third kappa shape index (κ3) is 2.07. The van der Waals surface area contributed by atoms with E-state index in [0.717, 1.165) is 13.0 Å². The number of hydrogen-bond donors (Lipinski definition) is 1. The number of hydrogen-bond acceptors (Lipinski definition) is 2. The minimum atomic E-state index is 0.250. The van der Waals surface area contributed by atoms with E-state index >= 15 is 0 Å². The first-order chi connectivity index (χ1) is 7.61. The number of fused-ring (bicyclic) bond motifs is 1. The van der Waals surface area contributed by atoms with E-state index in [0.29, 0.717) is 0 Å². The van der Waals surface area contributed by atoms with Gasteiger partial charge in [-0.05, 0) is 56.4 Å². The number of anilines is 1. The van der Waals surface area contributed by atoms with Gasteiger partial charge in [-0.3, -0.25) is 0 Å². The fourth-order valence-corrected chi connectivity index (χ4v) is 2.55. The van der Waals surface area contributed by atoms with Crippen LogP contribution in [0.4, 0.5) is 5.69 Å². The summed E-state index contributed by atoms with van der Waals surface area (Å²) in [7, 11) is 0. The van der Waals surface area contributed by atoms with Gasteiger partial charge in [0.2, 0.25) is 0 Å². The van der Waals surface area contributed by atoms with Crippen LogP contribution < -0.4 is 10.6 Å². The smallest absolute Gasteiger partial charge is 0.0402 e. The van der Waals surface area contributed by atoms with Gasteiger partial charge < -0.3 is 10.6 Å². The first-order valence-electron chi connectivity index (χ1n) is 6.24. The van der Waals surface area contributed by atoms with Gasteiger partial charge in [0.1, 0.15) is 0 Å². The van der Waals surface area contributed by atoms with Crippen molar-refractivity contribution in [1.82, 2.24) is 0 Å². The Morgan fingerprint density at radius 1 is 1.44 bits per heavy atom. The van der Waals surface area contributed by atoms with Crippen molar-refractivity contribution >= 4 is 5.69 Å². The van der Waals surface area contributed by atoms with E-state index < -0.39 is 0 Å². The van der Waals surface area contributed by atoms with Crippen molar-refractivity contribution in [2.75, 3.05) is 18.0 Å². The van der Waals surface area contributed by atoms with Crippen LogP contribution >= 0.6 is 0 Å². The van der Waals surface area contributed by atoms with Crippen LogP contribution in [0.3, 0.4) is 0 Å². The summed E-state index contributed by atoms with van der Waals surface area (Å²) in [6.45, 7) is 8.78. The Balaban J connectivity index is 2.33. The van der Waals surface area contributed by atoms with Crippen molar-refractivity contribution in [3.8, 4) is 0 Å². The monoisotopic (exact) mass is 218 g/mol. The molecule has 1 aliphatic rings. The molecule has 0 fully saturated rings. The average Bonchev–Trinajstić information content (AvgIpc) is 2.60. The van der Waals surface area contributed by atoms with Crippen molar-refractivity contribution < 1.29 is 0 Å². The Kier molecular flexibility index (Phi) is 3.20. The lowest BCUT2D eigenvalue weighted by molar-refractivity contribution is 0.734. The van der Waals surface area contributed by atoms with E-state index in [1.807, 2.05) is 0 Å². The third-order valence-corrected chi connectivity index (χ3v) is 3.45. The largest absolute Gasteiger partial charge is 0.371 e. The molecule has 88 valence electrons. The van der Waals surface area contributed by atoms with Gasteiger partial charge in [0.05, 0.1) is 0 Å². The number of nitrogens with zero attached hydrogens (tertiary/aromatic N) is 1. The summed E-state index contributed by atoms with van der Waals surface area (Å²) in [6, 6.07) is 4.95. The topological polar surface area (TPSA) is 29.3 Å². The maximum Gasteiger partial charge on any atom is 0.0402 e. The molecule has 0 amide bonds. The Labute approximate surface area is 98.4 Å². The van der Waals surface area contributed by atoms with E-state index in [1.165, 1.54) is 35.3 Å². The van der Waals surface area contributed by atoms with Crippen LogP contribution in [0.1, 0.15) is 30.5 Å². The first kappa shape index (κ1) is 11.5. The summed E-state index contributed by atoms with van der Waals surface area (Å²) < 4.78 is 0. The number of likely N-dealkylation sites (N-methyl/N-ethyl adjacent to an activating group) is 1. The van der Waals surface area contributed by atoms with Gasteiger partial charge >= 0.3 is 0 Å². The molecule has 1 aromatic carbocycles. The fraction of sp³-hybridized carbons (Fsp3) is 0.571. The molecule has 1 aromatic rings. The number of nitrogens with two attached hydrogens (primary N) is 1. The molecule has 1 heterocycles. The summed E-state index contributed by atoms with van der Waals surface area (Å²) >= 11 is 0. The highest BCUT2D eigenvalue weighted by atomic mass is 15.1. The molecule has 16 heavy (non-hydrogen) atoms. The van der Waals surface area contributed by atoms with Crippen molar-refractivity contribution in [3.63, 3.8) is 0 Å². The number of aryl methyl sites for hydroxylation is 1. The lowest BCUT2D eigenvalue weighted by Gasteiger charge is -2.18. The van der Waals surface area contributed by atoms with Gasteiger partial charge in [0, 0.05) is 24.8 Å². The van der Waals surface area contributed by atoms with Gasteiger partial charge in [-0.2, -0.15) is 0 Å². The summed E-state index contributed by atoms with van der Waals surface area (Å²) in [5, 5.41) is 0. The lowest BCUT2D eigenvalue weighted by atomic mass is 9.98. The number of benzene rings is 1.